The minimum absolute atomic E-state index is 0.0434. The van der Waals surface area contributed by atoms with E-state index in [9.17, 15) is 4.79 Å². The Kier molecular flexibility index (Phi) is 3.48. The maximum atomic E-state index is 11.1. The molecular weight excluding hydrogens is 182 g/mol. The average Bonchev–Trinajstić information content (AvgIpc) is 2.20. The van der Waals surface area contributed by atoms with Crippen LogP contribution in [0, 0.1) is 0 Å². The Hall–Kier alpha value is -1.55. The molecule has 0 radical (unpaired) electrons. The predicted octanol–water partition coefficient (Wildman–Crippen LogP) is 0.590. The van der Waals surface area contributed by atoms with Gasteiger partial charge in [-0.1, -0.05) is 6.07 Å². The van der Waals surface area contributed by atoms with Crippen LogP contribution in [0.4, 0.5) is 5.69 Å². The molecule has 1 rings (SSSR count). The number of benzene rings is 1. The summed E-state index contributed by atoms with van der Waals surface area (Å²) in [6.45, 7) is 0.0434. The lowest BCUT2D eigenvalue weighted by molar-refractivity contribution is 0.0601. The first-order valence-electron chi connectivity index (χ1n) is 4.26. The number of aliphatic hydroxyl groups excluding tert-OH is 1. The highest BCUT2D eigenvalue weighted by Gasteiger charge is 2.07. The standard InChI is InChI=1S/C10H13NO3/c1-14-10(13)8-3-2-7(4-5-12)9(11)6-8/h2-3,6,12H,4-5,11H2,1H3. The van der Waals surface area contributed by atoms with Gasteiger partial charge >= 0.3 is 5.97 Å². The highest BCUT2D eigenvalue weighted by molar-refractivity contribution is 5.90. The number of ether oxygens (including phenoxy) is 1. The van der Waals surface area contributed by atoms with Gasteiger partial charge in [-0.3, -0.25) is 0 Å². The summed E-state index contributed by atoms with van der Waals surface area (Å²) in [7, 11) is 1.32. The van der Waals surface area contributed by atoms with Crippen molar-refractivity contribution < 1.29 is 14.6 Å². The molecule has 1 aromatic carbocycles. The molecule has 0 amide bonds. The van der Waals surface area contributed by atoms with Gasteiger partial charge in [-0.2, -0.15) is 0 Å². The smallest absolute Gasteiger partial charge is 0.337 e. The number of esters is 1. The minimum Gasteiger partial charge on any atom is -0.465 e. The molecule has 4 heteroatoms. The Balaban J connectivity index is 2.94. The number of anilines is 1. The van der Waals surface area contributed by atoms with E-state index in [-0.39, 0.29) is 6.61 Å². The van der Waals surface area contributed by atoms with Gasteiger partial charge in [0.25, 0.3) is 0 Å². The van der Waals surface area contributed by atoms with Crippen molar-refractivity contribution in [3.8, 4) is 0 Å². The first kappa shape index (κ1) is 10.5. The fraction of sp³-hybridized carbons (Fsp3) is 0.300. The molecule has 0 fully saturated rings. The molecule has 0 heterocycles. The van der Waals surface area contributed by atoms with Crippen LogP contribution in [0.2, 0.25) is 0 Å². The maximum absolute atomic E-state index is 11.1. The summed E-state index contributed by atoms with van der Waals surface area (Å²) in [5.41, 5.74) is 7.44. The molecule has 0 unspecified atom stereocenters. The van der Waals surface area contributed by atoms with Crippen LogP contribution in [0.25, 0.3) is 0 Å². The van der Waals surface area contributed by atoms with Gasteiger partial charge in [-0.05, 0) is 24.1 Å². The predicted molar refractivity (Wildman–Crippen MR) is 53.0 cm³/mol. The normalized spacial score (nSPS) is 9.86. The van der Waals surface area contributed by atoms with Crippen LogP contribution < -0.4 is 5.73 Å². The number of nitrogen functional groups attached to an aromatic ring is 1. The van der Waals surface area contributed by atoms with Gasteiger partial charge in [-0.25, -0.2) is 4.79 Å². The van der Waals surface area contributed by atoms with Gasteiger partial charge in [0.2, 0.25) is 0 Å². The van der Waals surface area contributed by atoms with Crippen molar-refractivity contribution in [1.82, 2.24) is 0 Å². The van der Waals surface area contributed by atoms with E-state index in [2.05, 4.69) is 4.74 Å². The summed E-state index contributed by atoms with van der Waals surface area (Å²) in [6, 6.07) is 4.90. The minimum atomic E-state index is -0.410. The van der Waals surface area contributed by atoms with Gasteiger partial charge in [-0.15, -0.1) is 0 Å². The highest BCUT2D eigenvalue weighted by atomic mass is 16.5. The molecule has 0 aliphatic heterocycles. The van der Waals surface area contributed by atoms with E-state index in [0.29, 0.717) is 17.7 Å². The van der Waals surface area contributed by atoms with E-state index in [4.69, 9.17) is 10.8 Å². The third-order valence-electron chi connectivity index (χ3n) is 1.95. The molecule has 0 atom stereocenters. The first-order chi connectivity index (χ1) is 6.69. The summed E-state index contributed by atoms with van der Waals surface area (Å²) >= 11 is 0. The maximum Gasteiger partial charge on any atom is 0.337 e. The molecule has 0 aromatic heterocycles. The van der Waals surface area contributed by atoms with Crippen molar-refractivity contribution in [2.75, 3.05) is 19.5 Å². The number of hydrogen-bond donors (Lipinski definition) is 2. The zero-order valence-electron chi connectivity index (χ0n) is 7.99. The molecule has 0 aliphatic rings. The summed E-state index contributed by atoms with van der Waals surface area (Å²) in [5.74, 6) is -0.410. The van der Waals surface area contributed by atoms with E-state index < -0.39 is 5.97 Å². The van der Waals surface area contributed by atoms with Gasteiger partial charge in [0.05, 0.1) is 12.7 Å². The molecular formula is C10H13NO3. The molecule has 4 nitrogen and oxygen atoms in total. The second kappa shape index (κ2) is 4.62. The summed E-state index contributed by atoms with van der Waals surface area (Å²) in [6.07, 6.45) is 0.493. The van der Waals surface area contributed by atoms with Crippen LogP contribution in [0.3, 0.4) is 0 Å². The van der Waals surface area contributed by atoms with Crippen LogP contribution in [-0.4, -0.2) is 24.8 Å². The van der Waals surface area contributed by atoms with Crippen molar-refractivity contribution >= 4 is 11.7 Å². The number of hydrogen-bond acceptors (Lipinski definition) is 4. The van der Waals surface area contributed by atoms with Gasteiger partial charge < -0.3 is 15.6 Å². The van der Waals surface area contributed by atoms with Crippen molar-refractivity contribution in [1.29, 1.82) is 0 Å². The number of rotatable bonds is 3. The lowest BCUT2D eigenvalue weighted by Gasteiger charge is -2.05. The van der Waals surface area contributed by atoms with Gasteiger partial charge in [0, 0.05) is 12.3 Å². The molecule has 0 aliphatic carbocycles. The van der Waals surface area contributed by atoms with Crippen molar-refractivity contribution in [2.24, 2.45) is 0 Å². The third kappa shape index (κ3) is 2.23. The molecule has 1 aromatic rings. The van der Waals surface area contributed by atoms with Crippen molar-refractivity contribution in [3.05, 3.63) is 29.3 Å². The first-order valence-corrected chi connectivity index (χ1v) is 4.26. The van der Waals surface area contributed by atoms with E-state index in [1.165, 1.54) is 7.11 Å². The Labute approximate surface area is 82.3 Å². The lowest BCUT2D eigenvalue weighted by atomic mass is 10.1. The Morgan fingerprint density at radius 1 is 1.57 bits per heavy atom. The quantitative estimate of drug-likeness (QED) is 0.547. The average molecular weight is 195 g/mol. The van der Waals surface area contributed by atoms with Crippen LogP contribution >= 0.6 is 0 Å². The van der Waals surface area contributed by atoms with Crippen molar-refractivity contribution in [2.45, 2.75) is 6.42 Å². The largest absolute Gasteiger partial charge is 0.465 e. The molecule has 0 spiro atoms. The lowest BCUT2D eigenvalue weighted by Crippen LogP contribution is -2.04. The molecule has 76 valence electrons. The van der Waals surface area contributed by atoms with Crippen LogP contribution in [0.5, 0.6) is 0 Å². The fourth-order valence-corrected chi connectivity index (χ4v) is 1.19. The van der Waals surface area contributed by atoms with E-state index in [0.717, 1.165) is 5.56 Å². The number of methoxy groups -OCH3 is 1. The number of aliphatic hydroxyl groups is 1. The molecule has 0 saturated heterocycles. The second-order valence-electron chi connectivity index (χ2n) is 2.88. The molecule has 3 N–H and O–H groups in total. The summed E-state index contributed by atoms with van der Waals surface area (Å²) in [4.78, 5) is 11.1. The highest BCUT2D eigenvalue weighted by Crippen LogP contribution is 2.15. The van der Waals surface area contributed by atoms with Crippen LogP contribution in [-0.2, 0) is 11.2 Å². The number of nitrogens with two attached hydrogens (primary N) is 1. The van der Waals surface area contributed by atoms with Gasteiger partial charge in [0.1, 0.15) is 0 Å². The zero-order chi connectivity index (χ0) is 10.6. The van der Waals surface area contributed by atoms with E-state index >= 15 is 0 Å². The monoisotopic (exact) mass is 195 g/mol. The summed E-state index contributed by atoms with van der Waals surface area (Å²) in [5, 5.41) is 8.72. The number of carbonyl (C=O) groups excluding carboxylic acids is 1. The van der Waals surface area contributed by atoms with Crippen molar-refractivity contribution in [3.63, 3.8) is 0 Å². The topological polar surface area (TPSA) is 72.5 Å². The molecule has 0 saturated carbocycles. The molecule has 0 bridgehead atoms. The third-order valence-corrected chi connectivity index (χ3v) is 1.95. The summed E-state index contributed by atoms with van der Waals surface area (Å²) < 4.78 is 4.55. The van der Waals surface area contributed by atoms with Crippen LogP contribution in [0.1, 0.15) is 15.9 Å². The van der Waals surface area contributed by atoms with E-state index in [1.54, 1.807) is 18.2 Å². The Bertz CT molecular complexity index is 336. The van der Waals surface area contributed by atoms with E-state index in [1.807, 2.05) is 0 Å². The van der Waals surface area contributed by atoms with Crippen LogP contribution in [0.15, 0.2) is 18.2 Å². The fourth-order valence-electron chi connectivity index (χ4n) is 1.19. The van der Waals surface area contributed by atoms with Gasteiger partial charge in [0.15, 0.2) is 0 Å². The zero-order valence-corrected chi connectivity index (χ0v) is 7.99. The molecule has 14 heavy (non-hydrogen) atoms. The SMILES string of the molecule is COC(=O)c1ccc(CCO)c(N)c1. The Morgan fingerprint density at radius 2 is 2.29 bits per heavy atom. The second-order valence-corrected chi connectivity index (χ2v) is 2.88. The number of carbonyl (C=O) groups is 1. The Morgan fingerprint density at radius 3 is 2.79 bits per heavy atom.